The molecule has 0 fully saturated rings. The first-order valence-electron chi connectivity index (χ1n) is 7.15. The minimum Gasteiger partial charge on any atom is -0.478 e. The molecule has 0 saturated carbocycles. The fraction of sp³-hybridized carbons (Fsp3) is 0.125. The summed E-state index contributed by atoms with van der Waals surface area (Å²) in [6.07, 6.45) is 0. The van der Waals surface area contributed by atoms with Crippen LogP contribution in [0.15, 0.2) is 24.3 Å². The Morgan fingerprint density at radius 3 is 2.46 bits per heavy atom. The van der Waals surface area contributed by atoms with Gasteiger partial charge < -0.3 is 16.2 Å². The Morgan fingerprint density at radius 1 is 1.27 bits per heavy atom. The van der Waals surface area contributed by atoms with E-state index in [1.54, 1.807) is 0 Å². The average molecular weight is 365 g/mol. The third-order valence-corrected chi connectivity index (χ3v) is 3.69. The van der Waals surface area contributed by atoms with E-state index in [4.69, 9.17) is 10.8 Å². The number of nitrogens with zero attached hydrogens (tertiary/aromatic N) is 1. The van der Waals surface area contributed by atoms with Gasteiger partial charge in [0.2, 0.25) is 0 Å². The van der Waals surface area contributed by atoms with Crippen LogP contribution in [0.3, 0.4) is 0 Å². The number of hydrogen-bond acceptors (Lipinski definition) is 5. The van der Waals surface area contributed by atoms with Crippen molar-refractivity contribution in [2.45, 2.75) is 13.5 Å². The second kappa shape index (κ2) is 7.13. The zero-order chi connectivity index (χ0) is 19.6. The number of benzene rings is 2. The number of nitrogens with two attached hydrogens (primary N) is 1. The fourth-order valence-corrected chi connectivity index (χ4v) is 2.40. The molecule has 3 rings (SSSR count). The van der Waals surface area contributed by atoms with Crippen molar-refractivity contribution in [2.75, 3.05) is 5.73 Å². The maximum Gasteiger partial charge on any atom is 0.336 e. The zero-order valence-electron chi connectivity index (χ0n) is 13.4. The van der Waals surface area contributed by atoms with Gasteiger partial charge in [0, 0.05) is 28.9 Å². The molecule has 0 atom stereocenters. The highest BCUT2D eigenvalue weighted by atomic mass is 19.1. The molecule has 0 unspecified atom stereocenters. The van der Waals surface area contributed by atoms with Crippen LogP contribution in [0.25, 0.3) is 0 Å². The number of halogens is 2. The van der Waals surface area contributed by atoms with Crippen molar-refractivity contribution in [2.24, 2.45) is 0 Å². The van der Waals surface area contributed by atoms with Gasteiger partial charge in [-0.1, -0.05) is 0 Å². The van der Waals surface area contributed by atoms with Crippen LogP contribution in [0.5, 0.6) is 0 Å². The molecule has 2 aromatic rings. The van der Waals surface area contributed by atoms with E-state index in [0.717, 1.165) is 6.07 Å². The predicted molar refractivity (Wildman–Crippen MR) is 86.7 cm³/mol. The number of rotatable bonds is 2. The second-order valence-electron chi connectivity index (χ2n) is 5.36. The molecule has 0 spiro atoms. The summed E-state index contributed by atoms with van der Waals surface area (Å²) < 4.78 is 25.5. The average Bonchev–Trinajstić information content (AvgIpc) is 2.91. The summed E-state index contributed by atoms with van der Waals surface area (Å²) in [5.41, 5.74) is 5.92. The van der Waals surface area contributed by atoms with Crippen LogP contribution in [0.4, 0.5) is 20.2 Å². The van der Waals surface area contributed by atoms with Crippen molar-refractivity contribution in [1.82, 2.24) is 5.32 Å². The number of nitrogens with one attached hydrogen (secondary N) is 1. The molecule has 0 aromatic heterocycles. The number of nitrogen functional groups attached to an aromatic ring is 1. The molecule has 0 bridgehead atoms. The molecule has 0 aliphatic carbocycles. The van der Waals surface area contributed by atoms with E-state index in [9.17, 15) is 28.5 Å². The topological polar surface area (TPSA) is 136 Å². The molecule has 136 valence electrons. The van der Waals surface area contributed by atoms with Crippen LogP contribution < -0.4 is 11.1 Å². The van der Waals surface area contributed by atoms with Crippen molar-refractivity contribution >= 4 is 23.3 Å². The summed E-state index contributed by atoms with van der Waals surface area (Å²) in [5, 5.41) is 21.6. The first kappa shape index (κ1) is 18.8. The zero-order valence-corrected chi connectivity index (χ0v) is 13.4. The maximum atomic E-state index is 12.8. The first-order valence-corrected chi connectivity index (χ1v) is 7.15. The van der Waals surface area contributed by atoms with E-state index in [1.807, 2.05) is 0 Å². The standard InChI is InChI=1S/C8H7FN2O.C8H6FNO4/c9-4-1-5-6(7(10)2-4)3-11-8(5)12;1-4-6(8(11)12)2-5(9)3-7(4)10(13)14/h1-2H,3,10H2,(H,11,12);2-3H,1H3,(H,11,12). The number of amides is 1. The van der Waals surface area contributed by atoms with Crippen molar-refractivity contribution in [3.63, 3.8) is 0 Å². The Balaban J connectivity index is 0.000000189. The third-order valence-electron chi connectivity index (χ3n) is 3.69. The van der Waals surface area contributed by atoms with E-state index in [-0.39, 0.29) is 11.5 Å². The normalized spacial score (nSPS) is 11.9. The summed E-state index contributed by atoms with van der Waals surface area (Å²) in [6.45, 7) is 1.67. The number of carbonyl (C=O) groups excluding carboxylic acids is 1. The van der Waals surface area contributed by atoms with E-state index < -0.39 is 33.8 Å². The van der Waals surface area contributed by atoms with Gasteiger partial charge in [-0.2, -0.15) is 0 Å². The number of anilines is 1. The summed E-state index contributed by atoms with van der Waals surface area (Å²) >= 11 is 0. The number of carbonyl (C=O) groups is 2. The van der Waals surface area contributed by atoms with E-state index >= 15 is 0 Å². The lowest BCUT2D eigenvalue weighted by molar-refractivity contribution is -0.385. The number of nitro benzene ring substituents is 1. The van der Waals surface area contributed by atoms with Gasteiger partial charge in [-0.25, -0.2) is 13.6 Å². The largest absolute Gasteiger partial charge is 0.478 e. The van der Waals surface area contributed by atoms with Crippen molar-refractivity contribution in [3.05, 3.63) is 68.3 Å². The lowest BCUT2D eigenvalue weighted by Crippen LogP contribution is -2.12. The Bertz CT molecular complexity index is 895. The van der Waals surface area contributed by atoms with Crippen LogP contribution in [-0.4, -0.2) is 21.9 Å². The van der Waals surface area contributed by atoms with Gasteiger partial charge in [-0.15, -0.1) is 0 Å². The van der Waals surface area contributed by atoms with Gasteiger partial charge in [-0.3, -0.25) is 14.9 Å². The Kier molecular flexibility index (Phi) is 5.15. The van der Waals surface area contributed by atoms with Crippen LogP contribution >= 0.6 is 0 Å². The molecule has 8 nitrogen and oxygen atoms in total. The number of carboxylic acids is 1. The Labute approximate surface area is 145 Å². The van der Waals surface area contributed by atoms with Gasteiger partial charge in [0.15, 0.2) is 0 Å². The molecule has 1 aliphatic heterocycles. The van der Waals surface area contributed by atoms with E-state index in [0.29, 0.717) is 29.4 Å². The molecule has 1 heterocycles. The molecule has 4 N–H and O–H groups in total. The van der Waals surface area contributed by atoms with Crippen LogP contribution in [0, 0.1) is 28.7 Å². The molecule has 2 aromatic carbocycles. The van der Waals surface area contributed by atoms with Gasteiger partial charge in [0.1, 0.15) is 11.6 Å². The number of nitro groups is 1. The highest BCUT2D eigenvalue weighted by molar-refractivity contribution is 5.99. The van der Waals surface area contributed by atoms with Crippen molar-refractivity contribution in [1.29, 1.82) is 0 Å². The number of carboxylic acid groups (broad SMARTS) is 1. The highest BCUT2D eigenvalue weighted by Crippen LogP contribution is 2.24. The molecule has 0 radical (unpaired) electrons. The lowest BCUT2D eigenvalue weighted by atomic mass is 10.1. The number of fused-ring (bicyclic) bond motifs is 1. The summed E-state index contributed by atoms with van der Waals surface area (Å²) in [5.74, 6) is -3.04. The Hall–Kier alpha value is -3.56. The van der Waals surface area contributed by atoms with Gasteiger partial charge in [0.25, 0.3) is 11.6 Å². The molecule has 1 amide bonds. The van der Waals surface area contributed by atoms with Gasteiger partial charge >= 0.3 is 5.97 Å². The van der Waals surface area contributed by atoms with Crippen LogP contribution in [-0.2, 0) is 6.54 Å². The molecule has 1 aliphatic rings. The molecule has 0 saturated heterocycles. The van der Waals surface area contributed by atoms with Crippen molar-refractivity contribution < 1.29 is 28.4 Å². The third kappa shape index (κ3) is 3.74. The lowest BCUT2D eigenvalue weighted by Gasteiger charge is -2.01. The fourth-order valence-electron chi connectivity index (χ4n) is 2.40. The quantitative estimate of drug-likeness (QED) is 0.425. The molecular formula is C16H13F2N3O5. The summed E-state index contributed by atoms with van der Waals surface area (Å²) in [7, 11) is 0. The minimum atomic E-state index is -1.38. The smallest absolute Gasteiger partial charge is 0.336 e. The van der Waals surface area contributed by atoms with E-state index in [2.05, 4.69) is 5.32 Å². The maximum absolute atomic E-state index is 12.8. The molecule has 10 heteroatoms. The number of hydrogen-bond donors (Lipinski definition) is 3. The molecule has 26 heavy (non-hydrogen) atoms. The van der Waals surface area contributed by atoms with E-state index in [1.165, 1.54) is 19.1 Å². The Morgan fingerprint density at radius 2 is 1.88 bits per heavy atom. The molecular weight excluding hydrogens is 352 g/mol. The summed E-state index contributed by atoms with van der Waals surface area (Å²) in [6, 6.07) is 3.87. The second-order valence-corrected chi connectivity index (χ2v) is 5.36. The SMILES string of the molecule is Cc1c(C(=O)O)cc(F)cc1[N+](=O)[O-].Nc1cc(F)cc2c1CNC2=O. The highest BCUT2D eigenvalue weighted by Gasteiger charge is 2.21. The predicted octanol–water partition coefficient (Wildman–Crippen LogP) is 2.39. The monoisotopic (exact) mass is 365 g/mol. The summed E-state index contributed by atoms with van der Waals surface area (Å²) in [4.78, 5) is 31.2. The van der Waals surface area contributed by atoms with Gasteiger partial charge in [0.05, 0.1) is 16.6 Å². The van der Waals surface area contributed by atoms with Crippen molar-refractivity contribution in [3.8, 4) is 0 Å². The van der Waals surface area contributed by atoms with Crippen LogP contribution in [0.1, 0.15) is 31.8 Å². The minimum absolute atomic E-state index is 0.0519. The van der Waals surface area contributed by atoms with Gasteiger partial charge in [-0.05, 0) is 25.1 Å². The van der Waals surface area contributed by atoms with Crippen LogP contribution in [0.2, 0.25) is 0 Å². The number of aromatic carboxylic acids is 1. The first-order chi connectivity index (χ1) is 12.1.